The molecule has 4 nitrogen and oxygen atoms in total. The Hall–Kier alpha value is -1.39. The van der Waals surface area contributed by atoms with Crippen LogP contribution < -0.4 is 10.6 Å². The Labute approximate surface area is 127 Å². The van der Waals surface area contributed by atoms with Gasteiger partial charge in [0.05, 0.1) is 13.2 Å². The van der Waals surface area contributed by atoms with Gasteiger partial charge in [0.2, 0.25) is 5.91 Å². The first-order valence-electron chi connectivity index (χ1n) is 7.75. The van der Waals surface area contributed by atoms with Gasteiger partial charge < -0.3 is 15.4 Å². The van der Waals surface area contributed by atoms with Crippen LogP contribution in [0.25, 0.3) is 0 Å². The lowest BCUT2D eigenvalue weighted by atomic mass is 9.94. The summed E-state index contributed by atoms with van der Waals surface area (Å²) in [7, 11) is 0. The van der Waals surface area contributed by atoms with Crippen molar-refractivity contribution in [1.29, 1.82) is 0 Å². The highest BCUT2D eigenvalue weighted by Crippen LogP contribution is 2.28. The van der Waals surface area contributed by atoms with Crippen LogP contribution in [0.5, 0.6) is 0 Å². The highest BCUT2D eigenvalue weighted by Gasteiger charge is 2.22. The van der Waals surface area contributed by atoms with Crippen LogP contribution in [-0.2, 0) is 9.53 Å². The molecule has 0 bridgehead atoms. The molecule has 2 N–H and O–H groups in total. The lowest BCUT2D eigenvalue weighted by Crippen LogP contribution is -2.48. The lowest BCUT2D eigenvalue weighted by Gasteiger charge is -2.24. The van der Waals surface area contributed by atoms with Crippen molar-refractivity contribution in [3.63, 3.8) is 0 Å². The van der Waals surface area contributed by atoms with Crippen molar-refractivity contribution < 1.29 is 9.53 Å². The molecule has 1 aromatic carbocycles. The van der Waals surface area contributed by atoms with Gasteiger partial charge in [0.1, 0.15) is 6.04 Å². The van der Waals surface area contributed by atoms with Gasteiger partial charge in [-0.05, 0) is 29.0 Å². The van der Waals surface area contributed by atoms with E-state index in [2.05, 4.69) is 50.5 Å². The van der Waals surface area contributed by atoms with E-state index in [1.54, 1.807) is 0 Å². The highest BCUT2D eigenvalue weighted by atomic mass is 16.5. The van der Waals surface area contributed by atoms with Crippen molar-refractivity contribution in [3.8, 4) is 0 Å². The summed E-state index contributed by atoms with van der Waals surface area (Å²) < 4.78 is 5.35. The number of nitrogens with one attached hydrogen (secondary N) is 2. The number of morpholine rings is 1. The Bertz CT molecular complexity index is 492. The molecule has 1 heterocycles. The van der Waals surface area contributed by atoms with Crippen LogP contribution in [0.3, 0.4) is 0 Å². The number of hydrogen-bond donors (Lipinski definition) is 2. The van der Waals surface area contributed by atoms with E-state index >= 15 is 0 Å². The van der Waals surface area contributed by atoms with Crippen LogP contribution in [0.2, 0.25) is 0 Å². The zero-order chi connectivity index (χ0) is 15.4. The lowest BCUT2D eigenvalue weighted by molar-refractivity contribution is -0.120. The van der Waals surface area contributed by atoms with Crippen molar-refractivity contribution in [1.82, 2.24) is 5.32 Å². The van der Waals surface area contributed by atoms with Crippen LogP contribution in [0.15, 0.2) is 18.2 Å². The molecular formula is C17H26N2O2. The van der Waals surface area contributed by atoms with Crippen LogP contribution in [0.4, 0.5) is 5.69 Å². The summed E-state index contributed by atoms with van der Waals surface area (Å²) in [4.78, 5) is 12.3. The normalized spacial score (nSPS) is 19.0. The second-order valence-corrected chi connectivity index (χ2v) is 6.23. The van der Waals surface area contributed by atoms with Crippen molar-refractivity contribution in [3.05, 3.63) is 29.3 Å². The molecule has 0 aromatic heterocycles. The van der Waals surface area contributed by atoms with E-state index in [1.165, 1.54) is 11.1 Å². The Kier molecular flexibility index (Phi) is 5.37. The molecule has 21 heavy (non-hydrogen) atoms. The summed E-state index contributed by atoms with van der Waals surface area (Å²) in [5.74, 6) is 0.837. The minimum Gasteiger partial charge on any atom is -0.378 e. The predicted molar refractivity (Wildman–Crippen MR) is 85.9 cm³/mol. The van der Waals surface area contributed by atoms with E-state index in [1.807, 2.05) is 6.07 Å². The number of rotatable bonds is 4. The van der Waals surface area contributed by atoms with Gasteiger partial charge in [-0.3, -0.25) is 4.79 Å². The molecule has 1 aromatic rings. The van der Waals surface area contributed by atoms with Gasteiger partial charge in [0, 0.05) is 12.2 Å². The molecule has 0 saturated carbocycles. The molecule has 2 rings (SSSR count). The molecule has 1 atom stereocenters. The third-order valence-electron chi connectivity index (χ3n) is 3.86. The smallest absolute Gasteiger partial charge is 0.243 e. The standard InChI is InChI=1S/C17H26N2O2/c1-11(2)13-5-6-15(14(9-13)12(3)4)19-17(20)16-10-21-8-7-18-16/h5-6,9,11-12,16,18H,7-8,10H2,1-4H3,(H,19,20). The minimum absolute atomic E-state index is 0.0195. The van der Waals surface area contributed by atoms with Crippen molar-refractivity contribution in [2.45, 2.75) is 45.6 Å². The molecule has 116 valence electrons. The van der Waals surface area contributed by atoms with E-state index in [4.69, 9.17) is 4.74 Å². The maximum atomic E-state index is 12.3. The summed E-state index contributed by atoms with van der Waals surface area (Å²) >= 11 is 0. The zero-order valence-electron chi connectivity index (χ0n) is 13.4. The number of amides is 1. The third kappa shape index (κ3) is 4.05. The Balaban J connectivity index is 2.16. The Morgan fingerprint density at radius 2 is 2.05 bits per heavy atom. The van der Waals surface area contributed by atoms with E-state index < -0.39 is 0 Å². The molecule has 0 radical (unpaired) electrons. The van der Waals surface area contributed by atoms with Gasteiger partial charge in [-0.1, -0.05) is 39.8 Å². The van der Waals surface area contributed by atoms with Crippen LogP contribution >= 0.6 is 0 Å². The fourth-order valence-corrected chi connectivity index (χ4v) is 2.49. The monoisotopic (exact) mass is 290 g/mol. The number of carbonyl (C=O) groups is 1. The fourth-order valence-electron chi connectivity index (χ4n) is 2.49. The summed E-state index contributed by atoms with van der Waals surface area (Å²) in [6.45, 7) is 10.5. The molecule has 1 unspecified atom stereocenters. The SMILES string of the molecule is CC(C)c1ccc(NC(=O)C2COCCN2)c(C(C)C)c1. The van der Waals surface area contributed by atoms with Gasteiger partial charge in [0.25, 0.3) is 0 Å². The first-order valence-corrected chi connectivity index (χ1v) is 7.75. The summed E-state index contributed by atoms with van der Waals surface area (Å²) in [6.07, 6.45) is 0. The molecule has 1 amide bonds. The zero-order valence-corrected chi connectivity index (χ0v) is 13.4. The Morgan fingerprint density at radius 3 is 2.62 bits per heavy atom. The third-order valence-corrected chi connectivity index (χ3v) is 3.86. The summed E-state index contributed by atoms with van der Waals surface area (Å²) in [6, 6.07) is 6.06. The molecule has 0 spiro atoms. The second-order valence-electron chi connectivity index (χ2n) is 6.23. The van der Waals surface area contributed by atoms with Crippen LogP contribution in [-0.4, -0.2) is 31.7 Å². The average Bonchev–Trinajstić information content (AvgIpc) is 2.48. The van der Waals surface area contributed by atoms with E-state index in [0.717, 1.165) is 12.2 Å². The van der Waals surface area contributed by atoms with E-state index in [0.29, 0.717) is 25.0 Å². The number of anilines is 1. The van der Waals surface area contributed by atoms with E-state index in [9.17, 15) is 4.79 Å². The van der Waals surface area contributed by atoms with Crippen molar-refractivity contribution in [2.75, 3.05) is 25.1 Å². The highest BCUT2D eigenvalue weighted by molar-refractivity contribution is 5.95. The number of carbonyl (C=O) groups excluding carboxylic acids is 1. The second kappa shape index (κ2) is 7.05. The largest absolute Gasteiger partial charge is 0.378 e. The van der Waals surface area contributed by atoms with Gasteiger partial charge >= 0.3 is 0 Å². The molecule has 0 aliphatic carbocycles. The maximum absolute atomic E-state index is 12.3. The first-order chi connectivity index (χ1) is 9.99. The van der Waals surface area contributed by atoms with Crippen LogP contribution in [0.1, 0.15) is 50.7 Å². The summed E-state index contributed by atoms with van der Waals surface area (Å²) in [5.41, 5.74) is 3.40. The predicted octanol–water partition coefficient (Wildman–Crippen LogP) is 2.86. The number of hydrogen-bond acceptors (Lipinski definition) is 3. The van der Waals surface area contributed by atoms with Gasteiger partial charge in [0.15, 0.2) is 0 Å². The molecule has 1 aliphatic heterocycles. The Morgan fingerprint density at radius 1 is 1.29 bits per heavy atom. The molecular weight excluding hydrogens is 264 g/mol. The molecule has 1 fully saturated rings. The number of benzene rings is 1. The fraction of sp³-hybridized carbons (Fsp3) is 0.588. The minimum atomic E-state index is -0.261. The molecule has 1 aliphatic rings. The van der Waals surface area contributed by atoms with Gasteiger partial charge in [-0.15, -0.1) is 0 Å². The molecule has 1 saturated heterocycles. The van der Waals surface area contributed by atoms with Crippen molar-refractivity contribution in [2.24, 2.45) is 0 Å². The van der Waals surface area contributed by atoms with Gasteiger partial charge in [-0.25, -0.2) is 0 Å². The average molecular weight is 290 g/mol. The molecule has 4 heteroatoms. The van der Waals surface area contributed by atoms with Gasteiger partial charge in [-0.2, -0.15) is 0 Å². The van der Waals surface area contributed by atoms with Crippen molar-refractivity contribution >= 4 is 11.6 Å². The maximum Gasteiger partial charge on any atom is 0.243 e. The summed E-state index contributed by atoms with van der Waals surface area (Å²) in [5, 5.41) is 6.23. The number of ether oxygens (including phenoxy) is 1. The quantitative estimate of drug-likeness (QED) is 0.896. The first kappa shape index (κ1) is 16.0. The van der Waals surface area contributed by atoms with E-state index in [-0.39, 0.29) is 11.9 Å². The van der Waals surface area contributed by atoms with Crippen LogP contribution in [0, 0.1) is 0 Å². The topological polar surface area (TPSA) is 50.4 Å².